The van der Waals surface area contributed by atoms with E-state index >= 15 is 0 Å². The van der Waals surface area contributed by atoms with Crippen molar-refractivity contribution in [2.45, 2.75) is 118 Å². The zero-order chi connectivity index (χ0) is 68.7. The van der Waals surface area contributed by atoms with Crippen LogP contribution in [0, 0.1) is 0 Å². The maximum absolute atomic E-state index is 13.1. The van der Waals surface area contributed by atoms with Gasteiger partial charge in [0.2, 0.25) is 11.8 Å². The van der Waals surface area contributed by atoms with Gasteiger partial charge in [-0.05, 0) is 95.5 Å². The summed E-state index contributed by atoms with van der Waals surface area (Å²) in [6, 6.07) is 35.8. The van der Waals surface area contributed by atoms with E-state index in [9.17, 15) is 79.2 Å². The molecule has 0 bridgehead atoms. The molecule has 12 atom stereocenters. The number of rotatable bonds is 35. The van der Waals surface area contributed by atoms with Gasteiger partial charge in [0.05, 0.1) is 49.7 Å². The molecule has 26 nitrogen and oxygen atoms in total. The lowest BCUT2D eigenvalue weighted by molar-refractivity contribution is -0.310. The first-order valence-corrected chi connectivity index (χ1v) is 33.2. The van der Waals surface area contributed by atoms with Crippen molar-refractivity contribution < 1.29 is 98.2 Å². The van der Waals surface area contributed by atoms with Gasteiger partial charge in [-0.25, -0.2) is 9.59 Å². The summed E-state index contributed by atoms with van der Waals surface area (Å²) in [5, 5.41) is 103. The van der Waals surface area contributed by atoms with Crippen LogP contribution in [0.1, 0.15) is 87.4 Å². The Kier molecular flexibility index (Phi) is 28.5. The van der Waals surface area contributed by atoms with Crippen LogP contribution in [0.15, 0.2) is 133 Å². The third-order valence-electron chi connectivity index (χ3n) is 15.7. The third kappa shape index (κ3) is 21.3. The number of nitrogens with one attached hydrogen (secondary N) is 6. The monoisotopic (exact) mass is 1350 g/mol. The highest BCUT2D eigenvalue weighted by Gasteiger charge is 2.57. The number of carbonyl (C=O) groups excluding carboxylic acids is 6. The summed E-state index contributed by atoms with van der Waals surface area (Å²) in [6.45, 7) is 1.45. The first-order valence-electron chi connectivity index (χ1n) is 30.9. The van der Waals surface area contributed by atoms with Crippen molar-refractivity contribution in [1.29, 1.82) is 0 Å². The van der Waals surface area contributed by atoms with Gasteiger partial charge in [-0.3, -0.25) is 28.8 Å². The number of thioether (sulfide) groups is 2. The van der Waals surface area contributed by atoms with Crippen molar-refractivity contribution >= 4 is 70.9 Å². The topological polar surface area (TPSA) is 408 Å². The van der Waals surface area contributed by atoms with E-state index in [-0.39, 0.29) is 55.0 Å². The Labute approximate surface area is 557 Å². The number of unbranched alkanes of at least 4 members (excludes halogenated alkanes) is 1. The molecule has 0 radical (unpaired) electrons. The SMILES string of the molecule is CC(=O)N[C@H]1[C@H]([C@H](O)[C@H](O)CNC(=O)c2ccc(-c3ccccc3)cc2)O[C@@](OCCCCSCCNC(=O)c2cccc(C(=O)NCCSCCCO[C@]3(C(=O)O)C[C@H](O)[C@@H](NC(C)=O)[C@H]([C@H](O)[C@H](O)CNC(=O)c4ccc(-c5ccccc5)cc4)O3)c2)(C(=O)O)C[C@@H]1O. The van der Waals surface area contributed by atoms with Gasteiger partial charge >= 0.3 is 11.9 Å². The first kappa shape index (κ1) is 74.6. The number of aliphatic carboxylic acids is 2. The fraction of sp³-hybridized carbons (Fsp3) is 0.433. The lowest BCUT2D eigenvalue weighted by Gasteiger charge is -2.46. The zero-order valence-corrected chi connectivity index (χ0v) is 54.0. The van der Waals surface area contributed by atoms with Gasteiger partial charge in [-0.15, -0.1) is 0 Å². The number of carboxylic acid groups (broad SMARTS) is 2. The molecule has 5 aromatic rings. The van der Waals surface area contributed by atoms with Gasteiger partial charge in [-0.1, -0.05) is 91.0 Å². The van der Waals surface area contributed by atoms with Crippen LogP contribution in [0.3, 0.4) is 0 Å². The molecule has 2 aliphatic rings. The highest BCUT2D eigenvalue weighted by Crippen LogP contribution is 2.36. The lowest BCUT2D eigenvalue weighted by atomic mass is 9.88. The fourth-order valence-corrected chi connectivity index (χ4v) is 12.3. The van der Waals surface area contributed by atoms with E-state index in [1.54, 1.807) is 66.7 Å². The molecule has 2 fully saturated rings. The van der Waals surface area contributed by atoms with E-state index in [1.807, 2.05) is 60.7 Å². The molecule has 5 aromatic carbocycles. The van der Waals surface area contributed by atoms with Gasteiger partial charge in [0.1, 0.15) is 24.4 Å². The molecule has 0 spiro atoms. The van der Waals surface area contributed by atoms with Gasteiger partial charge in [-0.2, -0.15) is 23.5 Å². The van der Waals surface area contributed by atoms with Crippen molar-refractivity contribution in [3.63, 3.8) is 0 Å². The van der Waals surface area contributed by atoms with Crippen molar-refractivity contribution in [1.82, 2.24) is 31.9 Å². The smallest absolute Gasteiger partial charge is 0.364 e. The number of benzene rings is 5. The molecular formula is C67H82N6O20S2. The summed E-state index contributed by atoms with van der Waals surface area (Å²) < 4.78 is 23.2. The number of ether oxygens (including phenoxy) is 4. The maximum Gasteiger partial charge on any atom is 0.364 e. The summed E-state index contributed by atoms with van der Waals surface area (Å²) >= 11 is 2.92. The van der Waals surface area contributed by atoms with Crippen LogP contribution in [-0.2, 0) is 38.1 Å². The Bertz CT molecular complexity index is 3360. The molecule has 14 N–H and O–H groups in total. The number of aliphatic hydroxyl groups excluding tert-OH is 6. The minimum absolute atomic E-state index is 0.154. The summed E-state index contributed by atoms with van der Waals surface area (Å²) in [4.78, 5) is 102. The average molecular weight is 1360 g/mol. The Balaban J connectivity index is 0.775. The molecule has 0 saturated carbocycles. The minimum Gasteiger partial charge on any atom is -0.477 e. The van der Waals surface area contributed by atoms with E-state index in [0.29, 0.717) is 35.9 Å². The molecule has 2 saturated heterocycles. The van der Waals surface area contributed by atoms with Crippen molar-refractivity contribution in [3.05, 3.63) is 156 Å². The van der Waals surface area contributed by atoms with Crippen LogP contribution >= 0.6 is 23.5 Å². The Morgan fingerprint density at radius 1 is 0.474 bits per heavy atom. The Morgan fingerprint density at radius 2 is 0.842 bits per heavy atom. The van der Waals surface area contributed by atoms with Gasteiger partial charge in [0.15, 0.2) is 0 Å². The number of carbonyl (C=O) groups is 8. The second-order valence-corrected chi connectivity index (χ2v) is 25.2. The van der Waals surface area contributed by atoms with E-state index in [4.69, 9.17) is 18.9 Å². The quantitative estimate of drug-likeness (QED) is 0.0259. The predicted molar refractivity (Wildman–Crippen MR) is 351 cm³/mol. The molecule has 0 aliphatic carbocycles. The number of hydrogen-bond acceptors (Lipinski definition) is 20. The zero-order valence-electron chi connectivity index (χ0n) is 52.4. The van der Waals surface area contributed by atoms with E-state index in [1.165, 1.54) is 29.6 Å². The van der Waals surface area contributed by atoms with Gasteiger partial charge in [0, 0.05) is 86.6 Å². The van der Waals surface area contributed by atoms with Crippen molar-refractivity contribution in [2.75, 3.05) is 62.4 Å². The summed E-state index contributed by atoms with van der Waals surface area (Å²) in [7, 11) is 0. The molecule has 2 heterocycles. The number of aliphatic hydroxyl groups is 6. The molecule has 6 amide bonds. The summed E-state index contributed by atoms with van der Waals surface area (Å²) in [5.41, 5.74) is 4.66. The van der Waals surface area contributed by atoms with Gasteiger partial charge < -0.3 is 91.7 Å². The normalized spacial score (nSPS) is 22.1. The second-order valence-electron chi connectivity index (χ2n) is 22.8. The average Bonchev–Trinajstić information content (AvgIpc) is 0.790. The van der Waals surface area contributed by atoms with Crippen molar-refractivity contribution in [3.8, 4) is 22.3 Å². The van der Waals surface area contributed by atoms with E-state index in [0.717, 1.165) is 36.1 Å². The molecule has 0 aromatic heterocycles. The molecule has 512 valence electrons. The predicted octanol–water partition coefficient (Wildman–Crippen LogP) is 2.32. The number of hydrogen-bond donors (Lipinski definition) is 14. The molecule has 2 aliphatic heterocycles. The highest BCUT2D eigenvalue weighted by molar-refractivity contribution is 7.99. The largest absolute Gasteiger partial charge is 0.477 e. The summed E-state index contributed by atoms with van der Waals surface area (Å²) in [5.74, 6) is -9.50. The number of carboxylic acids is 2. The van der Waals surface area contributed by atoms with Crippen LogP contribution in [0.5, 0.6) is 0 Å². The first-order chi connectivity index (χ1) is 45.5. The Hall–Kier alpha value is -7.84. The molecule has 7 rings (SSSR count). The molecule has 28 heteroatoms. The van der Waals surface area contributed by atoms with Crippen LogP contribution in [0.2, 0.25) is 0 Å². The molecule has 95 heavy (non-hydrogen) atoms. The summed E-state index contributed by atoms with van der Waals surface area (Å²) in [6.07, 6.45) is -14.1. The van der Waals surface area contributed by atoms with Gasteiger partial charge in [0.25, 0.3) is 35.2 Å². The van der Waals surface area contributed by atoms with E-state index < -0.39 is 146 Å². The van der Waals surface area contributed by atoms with Crippen LogP contribution < -0.4 is 31.9 Å². The second kappa shape index (κ2) is 36.3. The van der Waals surface area contributed by atoms with Crippen LogP contribution in [-0.4, -0.2) is 223 Å². The highest BCUT2D eigenvalue weighted by atomic mass is 32.2. The van der Waals surface area contributed by atoms with E-state index in [2.05, 4.69) is 31.9 Å². The number of amides is 6. The minimum atomic E-state index is -2.50. The van der Waals surface area contributed by atoms with Crippen LogP contribution in [0.4, 0.5) is 0 Å². The maximum atomic E-state index is 13.1. The van der Waals surface area contributed by atoms with Crippen molar-refractivity contribution in [2.24, 2.45) is 0 Å². The standard InChI is InChI=1S/C67H82N6O20S2/c1-40(74)72-54-50(76)36-66(64(86)87,92-58(54)56(80)52(78)38-70-60(82)46-23-19-44(20-24-46)42-13-5-3-6-14-42)90-29-9-10-31-94-33-27-68-62(84)48-17-11-18-49(35-48)63(85)69-28-34-95-32-12-30-91-67(65(88)89)37-51(77)55(73-41(2)75)59(93-67)57(81)53(79)39-71-61(83)47-25-21-45(22-26-47)43-15-7-4-8-16-43/h3-8,11,13-26,35,50-59,76-81H,9-10,12,27-34,36-39H2,1-2H3,(H,68,84)(H,69,85)(H,70,82)(H,71,83)(H,72,74)(H,73,75)(H,86,87)(H,88,89)/t50-,51-,52+,53+,54+,55+,56+,57+,58+,59+,66+,67+/m0/s1. The lowest BCUT2D eigenvalue weighted by Crippen LogP contribution is -2.68. The fourth-order valence-electron chi connectivity index (χ4n) is 10.7. The third-order valence-corrected chi connectivity index (χ3v) is 17.8. The van der Waals surface area contributed by atoms with Crippen LogP contribution in [0.25, 0.3) is 22.3 Å². The molecular weight excluding hydrogens is 1270 g/mol. The Morgan fingerprint density at radius 3 is 1.23 bits per heavy atom. The molecule has 0 unspecified atom stereocenters.